The molecule has 2 aromatic carbocycles. The minimum Gasteiger partial charge on any atom is -0.355 e. The summed E-state index contributed by atoms with van der Waals surface area (Å²) in [5, 5.41) is 6.40. The highest BCUT2D eigenvalue weighted by Gasteiger charge is 2.29. The average Bonchev–Trinajstić information content (AvgIpc) is 3.43. The molecule has 2 aromatic rings. The normalized spacial score (nSPS) is 14.2. The number of aryl methyl sites for hydroxylation is 2. The molecular weight excluding hydrogens is 483 g/mol. The van der Waals surface area contributed by atoms with Gasteiger partial charge in [0.2, 0.25) is 5.91 Å². The summed E-state index contributed by atoms with van der Waals surface area (Å²) < 4.78 is 13.7. The van der Waals surface area contributed by atoms with Crippen molar-refractivity contribution in [3.63, 3.8) is 0 Å². The highest BCUT2D eigenvalue weighted by atomic mass is 19.1. The second-order valence-electron chi connectivity index (χ2n) is 10.6. The number of halogens is 1. The Hall–Kier alpha value is -3.26. The number of amides is 2. The molecule has 1 heterocycles. The summed E-state index contributed by atoms with van der Waals surface area (Å²) in [6, 6.07) is 8.54. The van der Waals surface area contributed by atoms with Crippen molar-refractivity contribution in [2.24, 2.45) is 5.92 Å². The van der Waals surface area contributed by atoms with Crippen LogP contribution in [-0.2, 0) is 29.1 Å². The number of Topliss-reactive ketones (excluding diaryl/α,β-unsaturated/α-hetero) is 1. The lowest BCUT2D eigenvalue weighted by Crippen LogP contribution is -2.48. The van der Waals surface area contributed by atoms with E-state index in [1.807, 2.05) is 24.1 Å². The van der Waals surface area contributed by atoms with Crippen LogP contribution in [0.1, 0.15) is 73.1 Å². The Morgan fingerprint density at radius 2 is 1.79 bits per heavy atom. The summed E-state index contributed by atoms with van der Waals surface area (Å²) in [5.74, 6) is 0.0320. The summed E-state index contributed by atoms with van der Waals surface area (Å²) in [6.07, 6.45) is 3.14. The quantitative estimate of drug-likeness (QED) is 0.458. The highest BCUT2D eigenvalue weighted by molar-refractivity contribution is 6.01. The minimum atomic E-state index is -0.290. The number of benzene rings is 2. The molecule has 0 spiro atoms. The Balaban J connectivity index is 0.00000400. The Morgan fingerprint density at radius 1 is 1.05 bits per heavy atom. The van der Waals surface area contributed by atoms with E-state index in [1.54, 1.807) is 23.0 Å². The molecule has 38 heavy (non-hydrogen) atoms. The van der Waals surface area contributed by atoms with Gasteiger partial charge in [0.25, 0.3) is 5.91 Å². The van der Waals surface area contributed by atoms with Crippen molar-refractivity contribution in [3.05, 3.63) is 64.0 Å². The van der Waals surface area contributed by atoms with E-state index in [0.29, 0.717) is 37.5 Å². The molecule has 0 fully saturated rings. The van der Waals surface area contributed by atoms with Gasteiger partial charge in [-0.3, -0.25) is 19.4 Å². The molecule has 0 aromatic heterocycles. The zero-order valence-corrected chi connectivity index (χ0v) is 22.3. The van der Waals surface area contributed by atoms with E-state index in [4.69, 9.17) is 0 Å². The number of hydrazine groups is 1. The Kier molecular flexibility index (Phi) is 9.66. The maximum absolute atomic E-state index is 13.7. The van der Waals surface area contributed by atoms with E-state index in [1.165, 1.54) is 12.1 Å². The number of nitrogens with zero attached hydrogens (tertiary/aromatic N) is 3. The number of hydrogen-bond donors (Lipinski definition) is 1. The smallest absolute Gasteiger partial charge is 0.256 e. The molecule has 0 bridgehead atoms. The third-order valence-electron chi connectivity index (χ3n) is 7.28. The molecule has 0 saturated heterocycles. The summed E-state index contributed by atoms with van der Waals surface area (Å²) in [7, 11) is 1.70. The van der Waals surface area contributed by atoms with Crippen molar-refractivity contribution in [2.45, 2.75) is 67.0 Å². The monoisotopic (exact) mass is 524 g/mol. The Bertz CT molecular complexity index is 1200. The van der Waals surface area contributed by atoms with E-state index in [9.17, 15) is 18.8 Å². The van der Waals surface area contributed by atoms with Crippen LogP contribution in [0.5, 0.6) is 0 Å². The van der Waals surface area contributed by atoms with Gasteiger partial charge in [-0.15, -0.1) is 0 Å². The van der Waals surface area contributed by atoms with Crippen LogP contribution in [0.15, 0.2) is 30.3 Å². The van der Waals surface area contributed by atoms with Crippen LogP contribution in [0, 0.1) is 18.7 Å². The van der Waals surface area contributed by atoms with Gasteiger partial charge in [-0.1, -0.05) is 33.4 Å². The molecule has 0 atom stereocenters. The first-order chi connectivity index (χ1) is 17.6. The highest BCUT2D eigenvalue weighted by Crippen LogP contribution is 2.31. The molecular formula is C30H41FN4O3. The Labute approximate surface area is 226 Å². The number of ketones is 1. The summed E-state index contributed by atoms with van der Waals surface area (Å²) in [6.45, 7) is 7.79. The number of carbonyl (C=O) groups is 3. The van der Waals surface area contributed by atoms with Crippen LogP contribution in [0.25, 0.3) is 0 Å². The van der Waals surface area contributed by atoms with Crippen LogP contribution in [-0.4, -0.2) is 54.3 Å². The lowest BCUT2D eigenvalue weighted by molar-refractivity contribution is -0.145. The zero-order chi connectivity index (χ0) is 26.7. The number of rotatable bonds is 10. The van der Waals surface area contributed by atoms with Crippen LogP contribution in [0.2, 0.25) is 0 Å². The van der Waals surface area contributed by atoms with Gasteiger partial charge < -0.3 is 10.2 Å². The van der Waals surface area contributed by atoms with Gasteiger partial charge in [0.1, 0.15) is 5.82 Å². The van der Waals surface area contributed by atoms with Crippen LogP contribution in [0.3, 0.4) is 0 Å². The first-order valence-corrected chi connectivity index (χ1v) is 13.1. The molecule has 7 nitrogen and oxygen atoms in total. The SMILES string of the molecule is C.Cc1cc2c(cc1N(CC(=O)NCCCC(C)C)CC(=O)N(C)N1Cc3ccc(F)cc3C1)C(=O)CC2. The van der Waals surface area contributed by atoms with Crippen molar-refractivity contribution in [1.29, 1.82) is 0 Å². The van der Waals surface area contributed by atoms with Crippen molar-refractivity contribution < 1.29 is 18.8 Å². The first kappa shape index (κ1) is 29.3. The molecule has 0 saturated carbocycles. The van der Waals surface area contributed by atoms with Gasteiger partial charge in [0, 0.05) is 44.4 Å². The molecule has 8 heteroatoms. The topological polar surface area (TPSA) is 73.0 Å². The van der Waals surface area contributed by atoms with E-state index < -0.39 is 0 Å². The van der Waals surface area contributed by atoms with E-state index >= 15 is 0 Å². The van der Waals surface area contributed by atoms with Gasteiger partial charge in [-0.05, 0) is 72.6 Å². The van der Waals surface area contributed by atoms with Crippen molar-refractivity contribution in [2.75, 3.05) is 31.6 Å². The number of anilines is 1. The molecule has 0 radical (unpaired) electrons. The van der Waals surface area contributed by atoms with Gasteiger partial charge in [0.15, 0.2) is 5.78 Å². The molecule has 2 aliphatic rings. The summed E-state index contributed by atoms with van der Waals surface area (Å²) in [4.78, 5) is 40.5. The molecule has 0 unspecified atom stereocenters. The fourth-order valence-corrected chi connectivity index (χ4v) is 5.12. The molecule has 2 amide bonds. The second-order valence-corrected chi connectivity index (χ2v) is 10.6. The number of nitrogens with one attached hydrogen (secondary N) is 1. The maximum Gasteiger partial charge on any atom is 0.256 e. The second kappa shape index (κ2) is 12.5. The average molecular weight is 525 g/mol. The summed E-state index contributed by atoms with van der Waals surface area (Å²) in [5.41, 5.74) is 5.22. The summed E-state index contributed by atoms with van der Waals surface area (Å²) >= 11 is 0. The van der Waals surface area contributed by atoms with Crippen LogP contribution < -0.4 is 10.2 Å². The van der Waals surface area contributed by atoms with Crippen LogP contribution >= 0.6 is 0 Å². The largest absolute Gasteiger partial charge is 0.355 e. The third kappa shape index (κ3) is 6.78. The lowest BCUT2D eigenvalue weighted by Gasteiger charge is -2.32. The number of carbonyl (C=O) groups excluding carboxylic acids is 3. The van der Waals surface area contributed by atoms with Gasteiger partial charge in [0.05, 0.1) is 13.1 Å². The fourth-order valence-electron chi connectivity index (χ4n) is 5.12. The molecule has 1 N–H and O–H groups in total. The van der Waals surface area contributed by atoms with Gasteiger partial charge in [-0.25, -0.2) is 9.40 Å². The standard InChI is InChI=1S/C29H37FN4O3.CH4/c1-19(2)6-5-11-31-28(36)17-33(26-14-25-21(12-20(26)3)8-10-27(25)35)18-29(37)32(4)34-15-22-7-9-24(30)13-23(22)16-34;/h7,9,12-14,19H,5-6,8,10-11,15-18H2,1-4H3,(H,31,36);1H4. The zero-order valence-electron chi connectivity index (χ0n) is 22.3. The minimum absolute atomic E-state index is 0. The first-order valence-electron chi connectivity index (χ1n) is 13.1. The predicted octanol–water partition coefficient (Wildman–Crippen LogP) is 4.65. The predicted molar refractivity (Wildman–Crippen MR) is 148 cm³/mol. The van der Waals surface area contributed by atoms with E-state index in [-0.39, 0.29) is 43.9 Å². The van der Waals surface area contributed by atoms with E-state index in [0.717, 1.165) is 47.2 Å². The number of likely N-dealkylation sites (N-methyl/N-ethyl adjacent to an activating group) is 1. The number of hydrogen-bond acceptors (Lipinski definition) is 5. The number of fused-ring (bicyclic) bond motifs is 2. The van der Waals surface area contributed by atoms with Crippen LogP contribution in [0.4, 0.5) is 10.1 Å². The van der Waals surface area contributed by atoms with Gasteiger partial charge >= 0.3 is 0 Å². The molecule has 1 aliphatic heterocycles. The maximum atomic E-state index is 13.7. The fraction of sp³-hybridized carbons (Fsp3) is 0.500. The molecule has 4 rings (SSSR count). The molecule has 206 valence electrons. The third-order valence-corrected chi connectivity index (χ3v) is 7.28. The van der Waals surface area contributed by atoms with Crippen molar-refractivity contribution in [1.82, 2.24) is 15.3 Å². The molecule has 1 aliphatic carbocycles. The van der Waals surface area contributed by atoms with Crippen molar-refractivity contribution >= 4 is 23.3 Å². The van der Waals surface area contributed by atoms with E-state index in [2.05, 4.69) is 19.2 Å². The van der Waals surface area contributed by atoms with Crippen molar-refractivity contribution in [3.8, 4) is 0 Å². The van der Waals surface area contributed by atoms with Gasteiger partial charge in [-0.2, -0.15) is 0 Å². The lowest BCUT2D eigenvalue weighted by atomic mass is 10.0. The Morgan fingerprint density at radius 3 is 2.53 bits per heavy atom.